The van der Waals surface area contributed by atoms with Crippen molar-refractivity contribution in [3.05, 3.63) is 65.2 Å². The molecule has 0 saturated carbocycles. The molecule has 0 aliphatic carbocycles. The Hall–Kier alpha value is -3.29. The van der Waals surface area contributed by atoms with E-state index in [4.69, 9.17) is 5.26 Å². The molecule has 8 nitrogen and oxygen atoms in total. The van der Waals surface area contributed by atoms with Crippen LogP contribution < -0.4 is 10.0 Å². The lowest BCUT2D eigenvalue weighted by molar-refractivity contribution is 0.102. The molecule has 0 spiro atoms. The molecule has 142 valence electrons. The molecular formula is C18H15N5O3S2. The van der Waals surface area contributed by atoms with Crippen molar-refractivity contribution in [1.29, 1.82) is 5.26 Å². The third kappa shape index (κ3) is 4.70. The van der Waals surface area contributed by atoms with E-state index in [2.05, 4.69) is 20.2 Å². The summed E-state index contributed by atoms with van der Waals surface area (Å²) in [6.45, 7) is 1.87. The van der Waals surface area contributed by atoms with Gasteiger partial charge < -0.3 is 0 Å². The summed E-state index contributed by atoms with van der Waals surface area (Å²) < 4.78 is 27.0. The molecule has 0 bridgehead atoms. The Bertz CT molecular complexity index is 1150. The van der Waals surface area contributed by atoms with Gasteiger partial charge in [0.05, 0.1) is 12.5 Å². The Kier molecular flexibility index (Phi) is 5.67. The van der Waals surface area contributed by atoms with Crippen LogP contribution in [0.2, 0.25) is 0 Å². The third-order valence-corrected chi connectivity index (χ3v) is 6.21. The first-order valence-corrected chi connectivity index (χ1v) is 10.4. The standard InChI is InChI=1S/C18H15N5O3S2/c1-12-3-2-4-14(11-12)16(24)20-17-21-22-18(27-17)28(25,26)23-15-7-5-13(6-8-15)9-10-19/h2-8,11,23H,9H2,1H3,(H,20,21,24). The number of nitrogens with one attached hydrogen (secondary N) is 2. The first-order valence-electron chi connectivity index (χ1n) is 8.07. The number of hydrogen-bond acceptors (Lipinski definition) is 7. The van der Waals surface area contributed by atoms with Gasteiger partial charge in [-0.25, -0.2) is 0 Å². The molecule has 3 aromatic rings. The van der Waals surface area contributed by atoms with E-state index >= 15 is 0 Å². The van der Waals surface area contributed by atoms with Crippen LogP contribution in [0.15, 0.2) is 52.9 Å². The van der Waals surface area contributed by atoms with E-state index in [9.17, 15) is 13.2 Å². The molecule has 3 rings (SSSR count). The fourth-order valence-corrected chi connectivity index (χ4v) is 4.26. The number of amides is 1. The zero-order valence-corrected chi connectivity index (χ0v) is 16.3. The SMILES string of the molecule is Cc1cccc(C(=O)Nc2nnc(S(=O)(=O)Nc3ccc(CC#N)cc3)s2)c1. The molecule has 0 saturated heterocycles. The number of benzene rings is 2. The van der Waals surface area contributed by atoms with Crippen molar-refractivity contribution in [3.8, 4) is 6.07 Å². The second-order valence-corrected chi connectivity index (χ2v) is 8.67. The minimum atomic E-state index is -3.95. The van der Waals surface area contributed by atoms with Crippen molar-refractivity contribution in [2.75, 3.05) is 10.0 Å². The Morgan fingerprint density at radius 2 is 1.93 bits per heavy atom. The van der Waals surface area contributed by atoms with Gasteiger partial charge in [-0.2, -0.15) is 13.7 Å². The maximum Gasteiger partial charge on any atom is 0.291 e. The lowest BCUT2D eigenvalue weighted by Crippen LogP contribution is -2.12. The van der Waals surface area contributed by atoms with Crippen molar-refractivity contribution in [2.24, 2.45) is 0 Å². The number of nitrogens with zero attached hydrogens (tertiary/aromatic N) is 3. The Morgan fingerprint density at radius 3 is 2.61 bits per heavy atom. The number of aromatic nitrogens is 2. The van der Waals surface area contributed by atoms with E-state index in [1.54, 1.807) is 42.5 Å². The predicted molar refractivity (Wildman–Crippen MR) is 106 cm³/mol. The van der Waals surface area contributed by atoms with Crippen LogP contribution in [-0.2, 0) is 16.4 Å². The molecule has 2 aromatic carbocycles. The monoisotopic (exact) mass is 413 g/mol. The number of hydrogen-bond donors (Lipinski definition) is 2. The summed E-state index contributed by atoms with van der Waals surface area (Å²) in [6, 6.07) is 15.5. The minimum Gasteiger partial charge on any atom is -0.296 e. The van der Waals surface area contributed by atoms with Crippen LogP contribution >= 0.6 is 11.3 Å². The quantitative estimate of drug-likeness (QED) is 0.599. The topological polar surface area (TPSA) is 125 Å². The van der Waals surface area contributed by atoms with Gasteiger partial charge in [0.2, 0.25) is 5.13 Å². The lowest BCUT2D eigenvalue weighted by Gasteiger charge is -2.05. The van der Waals surface area contributed by atoms with E-state index in [0.29, 0.717) is 11.3 Å². The van der Waals surface area contributed by atoms with Crippen molar-refractivity contribution in [2.45, 2.75) is 17.7 Å². The minimum absolute atomic E-state index is 0.0799. The average molecular weight is 413 g/mol. The molecule has 1 aromatic heterocycles. The largest absolute Gasteiger partial charge is 0.296 e. The zero-order valence-electron chi connectivity index (χ0n) is 14.7. The van der Waals surface area contributed by atoms with Crippen LogP contribution in [0.4, 0.5) is 10.8 Å². The van der Waals surface area contributed by atoms with Crippen LogP contribution in [0.1, 0.15) is 21.5 Å². The van der Waals surface area contributed by atoms with Crippen LogP contribution in [0.3, 0.4) is 0 Å². The highest BCUT2D eigenvalue weighted by Gasteiger charge is 2.21. The Balaban J connectivity index is 1.71. The normalized spacial score (nSPS) is 10.9. The molecule has 0 fully saturated rings. The maximum absolute atomic E-state index is 12.5. The van der Waals surface area contributed by atoms with Gasteiger partial charge in [0.15, 0.2) is 0 Å². The van der Waals surface area contributed by atoms with Gasteiger partial charge in [0.25, 0.3) is 20.3 Å². The van der Waals surface area contributed by atoms with Crippen molar-refractivity contribution >= 4 is 38.1 Å². The van der Waals surface area contributed by atoms with Gasteiger partial charge in [-0.05, 0) is 36.8 Å². The van der Waals surface area contributed by atoms with Gasteiger partial charge in [-0.3, -0.25) is 14.8 Å². The van der Waals surface area contributed by atoms with Gasteiger partial charge in [0.1, 0.15) is 0 Å². The van der Waals surface area contributed by atoms with E-state index in [1.165, 1.54) is 0 Å². The zero-order chi connectivity index (χ0) is 20.1. The summed E-state index contributed by atoms with van der Waals surface area (Å²) in [7, 11) is -3.95. The number of nitriles is 1. The fourth-order valence-electron chi connectivity index (χ4n) is 2.31. The average Bonchev–Trinajstić information content (AvgIpc) is 3.13. The fraction of sp³-hybridized carbons (Fsp3) is 0.111. The molecule has 10 heteroatoms. The van der Waals surface area contributed by atoms with Crippen LogP contribution in [0.25, 0.3) is 0 Å². The van der Waals surface area contributed by atoms with Gasteiger partial charge in [-0.1, -0.05) is 41.2 Å². The molecule has 0 radical (unpaired) electrons. The Morgan fingerprint density at radius 1 is 1.18 bits per heavy atom. The molecule has 0 aliphatic heterocycles. The van der Waals surface area contributed by atoms with Gasteiger partial charge in [-0.15, -0.1) is 10.2 Å². The highest BCUT2D eigenvalue weighted by atomic mass is 32.2. The molecule has 0 unspecified atom stereocenters. The lowest BCUT2D eigenvalue weighted by atomic mass is 10.1. The highest BCUT2D eigenvalue weighted by molar-refractivity contribution is 7.94. The molecule has 0 atom stereocenters. The summed E-state index contributed by atoms with van der Waals surface area (Å²) in [5, 5.41) is 18.7. The second-order valence-electron chi connectivity index (χ2n) is 5.83. The predicted octanol–water partition coefficient (Wildman–Crippen LogP) is 2.97. The van der Waals surface area contributed by atoms with Crippen molar-refractivity contribution in [1.82, 2.24) is 10.2 Å². The van der Waals surface area contributed by atoms with E-state index in [0.717, 1.165) is 22.5 Å². The van der Waals surface area contributed by atoms with Crippen molar-refractivity contribution in [3.63, 3.8) is 0 Å². The molecule has 1 heterocycles. The van der Waals surface area contributed by atoms with Gasteiger partial charge >= 0.3 is 0 Å². The summed E-state index contributed by atoms with van der Waals surface area (Å²) in [6.07, 6.45) is 0.243. The smallest absolute Gasteiger partial charge is 0.291 e. The van der Waals surface area contributed by atoms with E-state index in [-0.39, 0.29) is 15.9 Å². The van der Waals surface area contributed by atoms with E-state index < -0.39 is 15.9 Å². The first kappa shape index (κ1) is 19.5. The van der Waals surface area contributed by atoms with Gasteiger partial charge in [0, 0.05) is 11.3 Å². The number of rotatable bonds is 6. The summed E-state index contributed by atoms with van der Waals surface area (Å²) in [4.78, 5) is 12.2. The van der Waals surface area contributed by atoms with Crippen LogP contribution in [0, 0.1) is 18.3 Å². The number of sulfonamides is 1. The summed E-state index contributed by atoms with van der Waals surface area (Å²) >= 11 is 0.750. The van der Waals surface area contributed by atoms with E-state index in [1.807, 2.05) is 19.1 Å². The van der Waals surface area contributed by atoms with Crippen LogP contribution in [0.5, 0.6) is 0 Å². The number of anilines is 2. The maximum atomic E-state index is 12.5. The molecule has 1 amide bonds. The Labute approximate surface area is 165 Å². The number of carbonyl (C=O) groups excluding carboxylic acids is 1. The second kappa shape index (κ2) is 8.16. The summed E-state index contributed by atoms with van der Waals surface area (Å²) in [5.41, 5.74) is 2.48. The number of aryl methyl sites for hydroxylation is 1. The highest BCUT2D eigenvalue weighted by Crippen LogP contribution is 2.23. The summed E-state index contributed by atoms with van der Waals surface area (Å²) in [5.74, 6) is -0.398. The van der Waals surface area contributed by atoms with Crippen molar-refractivity contribution < 1.29 is 13.2 Å². The van der Waals surface area contributed by atoms with Crippen LogP contribution in [-0.4, -0.2) is 24.5 Å². The number of carbonyl (C=O) groups is 1. The first-order chi connectivity index (χ1) is 13.4. The molecular weight excluding hydrogens is 398 g/mol. The third-order valence-electron chi connectivity index (χ3n) is 3.63. The molecule has 2 N–H and O–H groups in total. The molecule has 28 heavy (non-hydrogen) atoms. The molecule has 0 aliphatic rings.